The summed E-state index contributed by atoms with van der Waals surface area (Å²) in [4.78, 5) is 42.1. The number of rotatable bonds is 17. The highest BCUT2D eigenvalue weighted by atomic mass is 19.1. The van der Waals surface area contributed by atoms with Gasteiger partial charge in [-0.2, -0.15) is 0 Å². The van der Waals surface area contributed by atoms with Crippen LogP contribution in [0.1, 0.15) is 0 Å². The Balaban J connectivity index is 0.000000124. The molecule has 0 aliphatic heterocycles. The molecule has 23 rings (SSSR count). The molecule has 0 amide bonds. The second kappa shape index (κ2) is 38.9. The lowest BCUT2D eigenvalue weighted by molar-refractivity contribution is 0.627. The molecular weight excluding hydrogens is 1720 g/mol. The fourth-order valence-electron chi connectivity index (χ4n) is 16.7. The number of benzene rings is 20. The van der Waals surface area contributed by atoms with E-state index in [1.165, 1.54) is 144 Å². The van der Waals surface area contributed by atoms with Crippen LogP contribution in [0.2, 0.25) is 0 Å². The molecule has 0 aliphatic carbocycles. The topological polar surface area (TPSA) is 116 Å². The molecule has 0 saturated carbocycles. The van der Waals surface area contributed by atoms with E-state index in [0.717, 1.165) is 66.6 Å². The molecule has 0 atom stereocenters. The average molecular weight is 1800 g/mol. The largest absolute Gasteiger partial charge is 0.208 e. The minimum Gasteiger partial charge on any atom is -0.208 e. The second-order valence-corrected chi connectivity index (χ2v) is 33.3. The van der Waals surface area contributed by atoms with Gasteiger partial charge in [0.05, 0.1) is 0 Å². The van der Waals surface area contributed by atoms with E-state index >= 15 is 0 Å². The molecule has 0 radical (unpaired) electrons. The normalized spacial score (nSPS) is 11.1. The zero-order valence-corrected chi connectivity index (χ0v) is 73.7. The van der Waals surface area contributed by atoms with Gasteiger partial charge in [0.25, 0.3) is 0 Å². The molecule has 9 nitrogen and oxygen atoms in total. The van der Waals surface area contributed by atoms with E-state index in [1.54, 1.807) is 72.8 Å². The van der Waals surface area contributed by atoms with Gasteiger partial charge in [0, 0.05) is 50.1 Å². The summed E-state index contributed by atoms with van der Waals surface area (Å²) in [5.41, 5.74) is 24.7. The first-order chi connectivity index (χ1) is 67.7. The molecule has 0 spiro atoms. The van der Waals surface area contributed by atoms with Gasteiger partial charge < -0.3 is 0 Å². The zero-order valence-electron chi connectivity index (χ0n) is 73.7. The third kappa shape index (κ3) is 19.7. The van der Waals surface area contributed by atoms with E-state index in [2.05, 4.69) is 264 Å². The molecule has 0 unspecified atom stereocenters. The van der Waals surface area contributed by atoms with Gasteiger partial charge in [-0.3, -0.25) is 0 Å². The number of aromatic nitrogens is 9. The smallest absolute Gasteiger partial charge is 0.164 e. The lowest BCUT2D eigenvalue weighted by Gasteiger charge is -2.10. The summed E-state index contributed by atoms with van der Waals surface area (Å²) >= 11 is 0. The average Bonchev–Trinajstić information content (AvgIpc) is 0.797. The van der Waals surface area contributed by atoms with Crippen LogP contribution in [0.5, 0.6) is 0 Å². The summed E-state index contributed by atoms with van der Waals surface area (Å²) in [7, 11) is 0. The third-order valence-corrected chi connectivity index (χ3v) is 24.2. The van der Waals surface area contributed by atoms with E-state index < -0.39 is 0 Å². The van der Waals surface area contributed by atoms with Crippen molar-refractivity contribution < 1.29 is 26.3 Å². The number of halogens is 6. The van der Waals surface area contributed by atoms with E-state index in [4.69, 9.17) is 29.9 Å². The standard InChI is InChI=1S/2C43H27F2N3.C37H23F2N3/c44-39-23-19-35(20-24-39)42-46-41(47-43(48-42)36-21-25-40(45)26-22-36)34-16-13-32(14-17-34)30-7-5-29(6-8-30)31-9-11-33(12-10-31)38-18-15-28-3-1-2-4-37(28)27-38;44-39-22-18-33(19-23-39)42-46-41(47-43(48-42)34-20-24-40(45)25-21-34)32-12-10-31(11-13-32)36-15-17-37-26-35(14-16-38(37)27-36)30-8-6-29(7-9-30)28-4-2-1-3-5-28;38-33-18-14-27(15-19-33)36-40-35(41-37(42-36)28-16-20-34(39)21-17-28)26-8-6-25(7-9-26)30-11-13-31-22-29(10-12-32(31)23-30)24-4-2-1-3-5-24/h2*1-27H;1-23H. The predicted octanol–water partition coefficient (Wildman–Crippen LogP) is 32.2. The quantitative estimate of drug-likeness (QED) is 0.0822. The molecule has 3 heterocycles. The molecule has 0 saturated heterocycles. The van der Waals surface area contributed by atoms with Crippen molar-refractivity contribution in [1.29, 1.82) is 0 Å². The van der Waals surface area contributed by atoms with Gasteiger partial charge in [0.2, 0.25) is 0 Å². The molecule has 0 fully saturated rings. The Morgan fingerprint density at radius 1 is 0.0942 bits per heavy atom. The van der Waals surface area contributed by atoms with Gasteiger partial charge in [-0.25, -0.2) is 71.2 Å². The van der Waals surface area contributed by atoms with Gasteiger partial charge >= 0.3 is 0 Å². The maximum atomic E-state index is 13.7. The molecule has 15 heteroatoms. The minimum atomic E-state index is -0.342. The Morgan fingerprint density at radius 2 is 0.210 bits per heavy atom. The highest BCUT2D eigenvalue weighted by Gasteiger charge is 2.20. The lowest BCUT2D eigenvalue weighted by Crippen LogP contribution is -2.00. The summed E-state index contributed by atoms with van der Waals surface area (Å²) in [6, 6.07) is 148. The molecule has 23 aromatic rings. The van der Waals surface area contributed by atoms with Crippen LogP contribution in [-0.2, 0) is 0 Å². The molecule has 138 heavy (non-hydrogen) atoms. The molecular formula is C123H77F6N9. The maximum Gasteiger partial charge on any atom is 0.164 e. The molecule has 656 valence electrons. The minimum absolute atomic E-state index is 0.340. The van der Waals surface area contributed by atoms with Crippen LogP contribution in [0.4, 0.5) is 26.3 Å². The summed E-state index contributed by atoms with van der Waals surface area (Å²) < 4.78 is 81.8. The fourth-order valence-corrected chi connectivity index (χ4v) is 16.7. The van der Waals surface area contributed by atoms with Crippen molar-refractivity contribution in [1.82, 2.24) is 44.9 Å². The molecule has 0 N–H and O–H groups in total. The van der Waals surface area contributed by atoms with Crippen molar-refractivity contribution in [3.8, 4) is 192 Å². The first-order valence-electron chi connectivity index (χ1n) is 44.9. The van der Waals surface area contributed by atoms with Crippen molar-refractivity contribution in [2.75, 3.05) is 0 Å². The van der Waals surface area contributed by atoms with Crippen LogP contribution in [-0.4, -0.2) is 44.9 Å². The number of nitrogens with zero attached hydrogens (tertiary/aromatic N) is 9. The Hall–Kier alpha value is -18.2. The van der Waals surface area contributed by atoms with Gasteiger partial charge in [-0.15, -0.1) is 0 Å². The highest BCUT2D eigenvalue weighted by molar-refractivity contribution is 5.94. The van der Waals surface area contributed by atoms with Gasteiger partial charge in [0.15, 0.2) is 52.4 Å². The van der Waals surface area contributed by atoms with Crippen LogP contribution in [0.25, 0.3) is 224 Å². The Kier molecular flexibility index (Phi) is 24.4. The summed E-state index contributed by atoms with van der Waals surface area (Å²) in [6.45, 7) is 0. The number of fused-ring (bicyclic) bond motifs is 3. The summed E-state index contributed by atoms with van der Waals surface area (Å²) in [5.74, 6) is 1.81. The van der Waals surface area contributed by atoms with Crippen LogP contribution in [0.15, 0.2) is 467 Å². The highest BCUT2D eigenvalue weighted by Crippen LogP contribution is 2.39. The van der Waals surface area contributed by atoms with Crippen LogP contribution in [0.3, 0.4) is 0 Å². The molecule has 0 bridgehead atoms. The van der Waals surface area contributed by atoms with Crippen molar-refractivity contribution in [2.45, 2.75) is 0 Å². The maximum absolute atomic E-state index is 13.7. The predicted molar refractivity (Wildman–Crippen MR) is 544 cm³/mol. The van der Waals surface area contributed by atoms with E-state index in [9.17, 15) is 26.3 Å². The monoisotopic (exact) mass is 1790 g/mol. The Labute approximate surface area is 792 Å². The fraction of sp³-hybridized carbons (Fsp3) is 0. The van der Waals surface area contributed by atoms with Crippen molar-refractivity contribution >= 4 is 32.3 Å². The summed E-state index contributed by atoms with van der Waals surface area (Å²) in [6.07, 6.45) is 0. The van der Waals surface area contributed by atoms with Crippen molar-refractivity contribution in [3.63, 3.8) is 0 Å². The molecule has 20 aromatic carbocycles. The Morgan fingerprint density at radius 3 is 0.399 bits per heavy atom. The van der Waals surface area contributed by atoms with E-state index in [-0.39, 0.29) is 34.9 Å². The first-order valence-corrected chi connectivity index (χ1v) is 44.9. The van der Waals surface area contributed by atoms with Crippen LogP contribution < -0.4 is 0 Å². The number of hydrogen-bond acceptors (Lipinski definition) is 9. The van der Waals surface area contributed by atoms with Gasteiger partial charge in [-0.05, 0) is 297 Å². The van der Waals surface area contributed by atoms with E-state index in [0.29, 0.717) is 85.8 Å². The first kappa shape index (κ1) is 86.5. The van der Waals surface area contributed by atoms with E-state index in [1.807, 2.05) is 72.8 Å². The van der Waals surface area contributed by atoms with Gasteiger partial charge in [-0.1, -0.05) is 291 Å². The van der Waals surface area contributed by atoms with Crippen molar-refractivity contribution in [3.05, 3.63) is 502 Å². The van der Waals surface area contributed by atoms with Gasteiger partial charge in [0.1, 0.15) is 34.9 Å². The van der Waals surface area contributed by atoms with Crippen LogP contribution in [0, 0.1) is 34.9 Å². The molecule has 3 aromatic heterocycles. The lowest BCUT2D eigenvalue weighted by atomic mass is 9.96. The van der Waals surface area contributed by atoms with Crippen molar-refractivity contribution in [2.24, 2.45) is 0 Å². The zero-order chi connectivity index (χ0) is 93.4. The SMILES string of the molecule is Fc1ccc(-c2nc(-c3ccc(F)cc3)nc(-c3ccc(-c4ccc(-c5ccc(-c6ccc7ccccc7c6)cc5)cc4)cc3)n2)cc1.Fc1ccc(-c2nc(-c3ccc(F)cc3)nc(-c3ccc(-c4ccc5cc(-c6ccc(-c7ccccc7)cc6)ccc5c4)cc3)n2)cc1.Fc1ccc(-c2nc(-c3ccc(F)cc3)nc(-c3ccc(-c4ccc5cc(-c6ccccc6)ccc5c4)cc3)n2)cc1. The summed E-state index contributed by atoms with van der Waals surface area (Å²) in [5, 5.41) is 7.16. The van der Waals surface area contributed by atoms with Crippen LogP contribution >= 0.6 is 0 Å². The second-order valence-electron chi connectivity index (χ2n) is 33.3. The Bertz CT molecular complexity index is 8130. The number of hydrogen-bond donors (Lipinski definition) is 0. The molecule has 0 aliphatic rings. The third-order valence-electron chi connectivity index (χ3n) is 24.2.